The van der Waals surface area contributed by atoms with Crippen LogP contribution in [0.15, 0.2) is 0 Å². The van der Waals surface area contributed by atoms with E-state index in [1.54, 1.807) is 20.8 Å². The van der Waals surface area contributed by atoms with E-state index < -0.39 is 23.6 Å². The van der Waals surface area contributed by atoms with Gasteiger partial charge in [0.05, 0.1) is 5.92 Å². The highest BCUT2D eigenvalue weighted by molar-refractivity contribution is 5.83. The number of hydrogen-bond acceptors (Lipinski definition) is 5. The zero-order valence-electron chi connectivity index (χ0n) is 11.1. The van der Waals surface area contributed by atoms with Crippen LogP contribution >= 0.6 is 0 Å². The molecule has 0 fully saturated rings. The molecule has 1 unspecified atom stereocenters. The van der Waals surface area contributed by atoms with Gasteiger partial charge in [-0.3, -0.25) is 4.79 Å². The highest BCUT2D eigenvalue weighted by Crippen LogP contribution is 2.18. The Labute approximate surface area is 102 Å². The number of esters is 1. The number of carbonyl (C=O) groups excluding carboxylic acids is 2. The highest BCUT2D eigenvalue weighted by Gasteiger charge is 2.27. The summed E-state index contributed by atoms with van der Waals surface area (Å²) in [5.74, 6) is -1.15. The quantitative estimate of drug-likeness (QED) is 0.607. The molecule has 0 aliphatic heterocycles. The second-order valence-corrected chi connectivity index (χ2v) is 5.25. The molecular formula is C12H22O5. The number of aliphatic hydroxyl groups excluding tert-OH is 1. The van der Waals surface area contributed by atoms with E-state index in [0.717, 1.165) is 0 Å². The summed E-state index contributed by atoms with van der Waals surface area (Å²) in [6, 6.07) is 0. The first-order valence-corrected chi connectivity index (χ1v) is 5.73. The van der Waals surface area contributed by atoms with Gasteiger partial charge in [-0.15, -0.1) is 0 Å². The lowest BCUT2D eigenvalue weighted by Gasteiger charge is -2.21. The SMILES string of the molecule is CC(C)C(CCO)C(=O)OC(=O)OC(C)(C)C. The molecule has 5 nitrogen and oxygen atoms in total. The molecule has 0 heterocycles. The third kappa shape index (κ3) is 6.94. The average Bonchev–Trinajstić information content (AvgIpc) is 2.09. The molecule has 0 aliphatic rings. The Morgan fingerprint density at radius 3 is 2.12 bits per heavy atom. The maximum atomic E-state index is 11.6. The van der Waals surface area contributed by atoms with Crippen molar-refractivity contribution in [3.8, 4) is 0 Å². The highest BCUT2D eigenvalue weighted by atomic mass is 16.7. The molecule has 0 aliphatic carbocycles. The fourth-order valence-corrected chi connectivity index (χ4v) is 1.29. The summed E-state index contributed by atoms with van der Waals surface area (Å²) < 4.78 is 9.46. The molecule has 0 aromatic carbocycles. The van der Waals surface area contributed by atoms with E-state index in [1.807, 2.05) is 13.8 Å². The van der Waals surface area contributed by atoms with Crippen molar-refractivity contribution >= 4 is 12.1 Å². The lowest BCUT2D eigenvalue weighted by atomic mass is 9.93. The zero-order valence-corrected chi connectivity index (χ0v) is 11.1. The minimum Gasteiger partial charge on any atom is -0.428 e. The normalized spacial score (nSPS) is 13.4. The standard InChI is InChI=1S/C12H22O5/c1-8(2)9(6-7-13)10(14)16-11(15)17-12(3,4)5/h8-9,13H,6-7H2,1-5H3. The van der Waals surface area contributed by atoms with Crippen LogP contribution in [-0.4, -0.2) is 29.4 Å². The van der Waals surface area contributed by atoms with Gasteiger partial charge in [0.25, 0.3) is 0 Å². The molecule has 100 valence electrons. The maximum Gasteiger partial charge on any atom is 0.516 e. The Balaban J connectivity index is 4.36. The van der Waals surface area contributed by atoms with E-state index in [0.29, 0.717) is 0 Å². The molecule has 1 N–H and O–H groups in total. The molecule has 0 bridgehead atoms. The lowest BCUT2D eigenvalue weighted by Crippen LogP contribution is -2.30. The van der Waals surface area contributed by atoms with E-state index in [1.165, 1.54) is 0 Å². The molecule has 5 heteroatoms. The first-order chi connectivity index (χ1) is 7.67. The maximum absolute atomic E-state index is 11.6. The van der Waals surface area contributed by atoms with Gasteiger partial charge in [-0.25, -0.2) is 4.79 Å². The fourth-order valence-electron chi connectivity index (χ4n) is 1.29. The van der Waals surface area contributed by atoms with Crippen LogP contribution in [0, 0.1) is 11.8 Å². The first kappa shape index (κ1) is 15.9. The smallest absolute Gasteiger partial charge is 0.428 e. The fraction of sp³-hybridized carbons (Fsp3) is 0.833. The van der Waals surface area contributed by atoms with E-state index in [9.17, 15) is 9.59 Å². The summed E-state index contributed by atoms with van der Waals surface area (Å²) >= 11 is 0. The van der Waals surface area contributed by atoms with Crippen molar-refractivity contribution in [1.82, 2.24) is 0 Å². The van der Waals surface area contributed by atoms with Crippen LogP contribution in [0.5, 0.6) is 0 Å². The summed E-state index contributed by atoms with van der Waals surface area (Å²) in [7, 11) is 0. The van der Waals surface area contributed by atoms with E-state index in [-0.39, 0.29) is 18.9 Å². The molecule has 0 amide bonds. The van der Waals surface area contributed by atoms with Gasteiger partial charge in [0.2, 0.25) is 0 Å². The van der Waals surface area contributed by atoms with Crippen LogP contribution in [0.1, 0.15) is 41.0 Å². The summed E-state index contributed by atoms with van der Waals surface area (Å²) in [6.07, 6.45) is -0.717. The monoisotopic (exact) mass is 246 g/mol. The number of ether oxygens (including phenoxy) is 2. The molecule has 17 heavy (non-hydrogen) atoms. The van der Waals surface area contributed by atoms with Crippen LogP contribution in [0.4, 0.5) is 4.79 Å². The first-order valence-electron chi connectivity index (χ1n) is 5.73. The van der Waals surface area contributed by atoms with Crippen molar-refractivity contribution in [3.05, 3.63) is 0 Å². The summed E-state index contributed by atoms with van der Waals surface area (Å²) in [4.78, 5) is 22.9. The van der Waals surface area contributed by atoms with Crippen LogP contribution in [0.3, 0.4) is 0 Å². The topological polar surface area (TPSA) is 72.8 Å². The second kappa shape index (κ2) is 6.59. The van der Waals surface area contributed by atoms with Gasteiger partial charge in [-0.2, -0.15) is 0 Å². The van der Waals surface area contributed by atoms with E-state index in [4.69, 9.17) is 9.84 Å². The number of aliphatic hydroxyl groups is 1. The summed E-state index contributed by atoms with van der Waals surface area (Å²) in [5.41, 5.74) is -0.693. The minimum atomic E-state index is -0.994. The van der Waals surface area contributed by atoms with Crippen molar-refractivity contribution in [2.24, 2.45) is 11.8 Å². The molecular weight excluding hydrogens is 224 g/mol. The predicted octanol–water partition coefficient (Wildman–Crippen LogP) is 2.12. The molecule has 0 radical (unpaired) electrons. The van der Waals surface area contributed by atoms with Gasteiger partial charge in [-0.05, 0) is 33.1 Å². The number of rotatable bonds is 4. The number of hydrogen-bond donors (Lipinski definition) is 1. The molecule has 0 saturated carbocycles. The van der Waals surface area contributed by atoms with Gasteiger partial charge in [-0.1, -0.05) is 13.8 Å². The average molecular weight is 246 g/mol. The van der Waals surface area contributed by atoms with Crippen LogP contribution < -0.4 is 0 Å². The van der Waals surface area contributed by atoms with Crippen molar-refractivity contribution in [2.45, 2.75) is 46.6 Å². The Hall–Kier alpha value is -1.10. The third-order valence-electron chi connectivity index (χ3n) is 2.12. The Morgan fingerprint density at radius 1 is 1.24 bits per heavy atom. The van der Waals surface area contributed by atoms with Gasteiger partial charge in [0, 0.05) is 6.61 Å². The lowest BCUT2D eigenvalue weighted by molar-refractivity contribution is -0.148. The zero-order chi connectivity index (χ0) is 13.6. The Morgan fingerprint density at radius 2 is 1.76 bits per heavy atom. The van der Waals surface area contributed by atoms with Gasteiger partial charge < -0.3 is 14.6 Å². The third-order valence-corrected chi connectivity index (χ3v) is 2.12. The Bertz CT molecular complexity index is 265. The second-order valence-electron chi connectivity index (χ2n) is 5.25. The Kier molecular flexibility index (Phi) is 6.16. The van der Waals surface area contributed by atoms with Crippen molar-refractivity contribution in [2.75, 3.05) is 6.61 Å². The molecule has 0 rings (SSSR count). The minimum absolute atomic E-state index is 0.00270. The van der Waals surface area contributed by atoms with E-state index >= 15 is 0 Å². The molecule has 0 saturated heterocycles. The van der Waals surface area contributed by atoms with Crippen LogP contribution in [0.25, 0.3) is 0 Å². The van der Waals surface area contributed by atoms with Gasteiger partial charge in [0.1, 0.15) is 5.60 Å². The van der Waals surface area contributed by atoms with Gasteiger partial charge >= 0.3 is 12.1 Å². The van der Waals surface area contributed by atoms with Crippen molar-refractivity contribution in [3.63, 3.8) is 0 Å². The summed E-state index contributed by atoms with van der Waals surface area (Å²) in [6.45, 7) is 8.60. The van der Waals surface area contributed by atoms with E-state index in [2.05, 4.69) is 4.74 Å². The summed E-state index contributed by atoms with van der Waals surface area (Å²) in [5, 5.41) is 8.83. The van der Waals surface area contributed by atoms with Crippen LogP contribution in [0.2, 0.25) is 0 Å². The number of carbonyl (C=O) groups is 2. The van der Waals surface area contributed by atoms with Crippen molar-refractivity contribution in [1.29, 1.82) is 0 Å². The molecule has 0 aromatic heterocycles. The van der Waals surface area contributed by atoms with Crippen molar-refractivity contribution < 1.29 is 24.2 Å². The van der Waals surface area contributed by atoms with Crippen LogP contribution in [-0.2, 0) is 14.3 Å². The van der Waals surface area contributed by atoms with Gasteiger partial charge in [0.15, 0.2) is 0 Å². The molecule has 0 aromatic rings. The molecule has 1 atom stereocenters. The predicted molar refractivity (Wildman–Crippen MR) is 62.4 cm³/mol. The molecule has 0 spiro atoms. The largest absolute Gasteiger partial charge is 0.516 e.